The Bertz CT molecular complexity index is 349. The molecule has 2 heteroatoms. The van der Waals surface area contributed by atoms with Crippen LogP contribution in [0.5, 0.6) is 0 Å². The molecule has 2 aliphatic carbocycles. The lowest BCUT2D eigenvalue weighted by Crippen LogP contribution is -2.19. The van der Waals surface area contributed by atoms with E-state index in [0.717, 1.165) is 37.7 Å². The van der Waals surface area contributed by atoms with Crippen molar-refractivity contribution in [3.8, 4) is 0 Å². The second-order valence-electron chi connectivity index (χ2n) is 4.09. The molecule has 78 valence electrons. The third kappa shape index (κ3) is 2.00. The molecule has 2 rings (SSSR count). The summed E-state index contributed by atoms with van der Waals surface area (Å²) in [5, 5.41) is 12.1. The molecule has 0 radical (unpaired) electrons. The van der Waals surface area contributed by atoms with Crippen LogP contribution in [0.4, 0.5) is 0 Å². The maximum Gasteiger partial charge on any atom is 0.128 e. The summed E-state index contributed by atoms with van der Waals surface area (Å²) in [4.78, 5) is 10.7. The molecule has 1 fully saturated rings. The van der Waals surface area contributed by atoms with Gasteiger partial charge in [0.2, 0.25) is 0 Å². The fourth-order valence-corrected chi connectivity index (χ4v) is 2.22. The zero-order valence-corrected chi connectivity index (χ0v) is 8.66. The number of hydrogen-bond acceptors (Lipinski definition) is 2. The third-order valence-corrected chi connectivity index (χ3v) is 3.09. The van der Waals surface area contributed by atoms with Crippen LogP contribution < -0.4 is 5.11 Å². The van der Waals surface area contributed by atoms with Gasteiger partial charge >= 0.3 is 0 Å². The molecular weight excluding hydrogens is 188 g/mol. The molecule has 0 amide bonds. The highest BCUT2D eigenvalue weighted by atomic mass is 16.3. The highest BCUT2D eigenvalue weighted by molar-refractivity contribution is 5.62. The largest absolute Gasteiger partial charge is 0.874 e. The van der Waals surface area contributed by atoms with Gasteiger partial charge in [0.25, 0.3) is 0 Å². The molecule has 0 bridgehead atoms. The Kier molecular flexibility index (Phi) is 2.98. The van der Waals surface area contributed by atoms with Crippen molar-refractivity contribution in [3.63, 3.8) is 0 Å². The van der Waals surface area contributed by atoms with Crippen molar-refractivity contribution in [2.45, 2.75) is 32.1 Å². The lowest BCUT2D eigenvalue weighted by Gasteiger charge is -2.25. The molecule has 15 heavy (non-hydrogen) atoms. The van der Waals surface area contributed by atoms with Gasteiger partial charge in [0.1, 0.15) is 5.94 Å². The molecule has 0 aromatic carbocycles. The first-order valence-corrected chi connectivity index (χ1v) is 5.47. The first kappa shape index (κ1) is 10.1. The predicted molar refractivity (Wildman–Crippen MR) is 56.2 cm³/mol. The zero-order chi connectivity index (χ0) is 10.7. The Morgan fingerprint density at radius 1 is 1.47 bits per heavy atom. The fraction of sp³-hybridized carbons (Fsp3) is 0.462. The van der Waals surface area contributed by atoms with E-state index in [2.05, 4.69) is 0 Å². The molecule has 0 heterocycles. The maximum absolute atomic E-state index is 12.1. The zero-order valence-electron chi connectivity index (χ0n) is 8.66. The molecule has 0 spiro atoms. The Hall–Kier alpha value is -1.40. The standard InChI is InChI=1S/C13H14O2/c14-9-11-7-3-4-8-12(11)13(15)10-5-1-2-6-10/h1-2,5,10H,3-4,6-8H2/b13-12-. The van der Waals surface area contributed by atoms with Crippen molar-refractivity contribution in [3.05, 3.63) is 35.5 Å². The summed E-state index contributed by atoms with van der Waals surface area (Å²) in [6.07, 6.45) is 10.1. The highest BCUT2D eigenvalue weighted by Gasteiger charge is 2.22. The van der Waals surface area contributed by atoms with E-state index in [1.54, 1.807) is 0 Å². The number of carbonyl (C=O) groups excluding carboxylic acids is 1. The van der Waals surface area contributed by atoms with E-state index in [-0.39, 0.29) is 11.7 Å². The molecule has 0 N–H and O–H groups in total. The minimum absolute atomic E-state index is 0.0264. The van der Waals surface area contributed by atoms with E-state index in [4.69, 9.17) is 0 Å². The van der Waals surface area contributed by atoms with Gasteiger partial charge in [-0.2, -0.15) is 0 Å². The second-order valence-corrected chi connectivity index (χ2v) is 4.09. The van der Waals surface area contributed by atoms with E-state index in [9.17, 15) is 9.90 Å². The molecule has 1 saturated carbocycles. The minimum atomic E-state index is -0.0264. The Morgan fingerprint density at radius 2 is 2.27 bits per heavy atom. The molecule has 0 aromatic rings. The molecule has 0 saturated heterocycles. The molecule has 1 unspecified atom stereocenters. The topological polar surface area (TPSA) is 40.1 Å². The molecule has 0 aliphatic heterocycles. The quantitative estimate of drug-likeness (QED) is 0.369. The Morgan fingerprint density at radius 3 is 2.93 bits per heavy atom. The monoisotopic (exact) mass is 202 g/mol. The van der Waals surface area contributed by atoms with Gasteiger partial charge < -0.3 is 5.11 Å². The van der Waals surface area contributed by atoms with Crippen molar-refractivity contribution in [1.82, 2.24) is 0 Å². The summed E-state index contributed by atoms with van der Waals surface area (Å²) >= 11 is 0. The van der Waals surface area contributed by atoms with Crippen LogP contribution in [0.2, 0.25) is 0 Å². The van der Waals surface area contributed by atoms with E-state index < -0.39 is 0 Å². The van der Waals surface area contributed by atoms with E-state index in [1.807, 2.05) is 24.5 Å². The first-order valence-electron chi connectivity index (χ1n) is 5.47. The number of allylic oxidation sites excluding steroid dienone is 5. The molecule has 0 aromatic heterocycles. The third-order valence-electron chi connectivity index (χ3n) is 3.09. The van der Waals surface area contributed by atoms with Crippen LogP contribution in [-0.2, 0) is 4.79 Å². The number of hydrogen-bond donors (Lipinski definition) is 0. The molecule has 2 aliphatic rings. The van der Waals surface area contributed by atoms with Crippen molar-refractivity contribution in [1.29, 1.82) is 0 Å². The lowest BCUT2D eigenvalue weighted by atomic mass is 9.86. The van der Waals surface area contributed by atoms with Crippen molar-refractivity contribution in [2.24, 2.45) is 5.92 Å². The van der Waals surface area contributed by atoms with Crippen LogP contribution in [0.15, 0.2) is 29.1 Å². The molecule has 1 atom stereocenters. The summed E-state index contributed by atoms with van der Waals surface area (Å²) < 4.78 is 0. The highest BCUT2D eigenvalue weighted by Crippen LogP contribution is 2.33. The van der Waals surface area contributed by atoms with Crippen molar-refractivity contribution >= 4 is 5.94 Å². The van der Waals surface area contributed by atoms with Gasteiger partial charge in [-0.1, -0.05) is 5.76 Å². The Balaban J connectivity index is 2.24. The maximum atomic E-state index is 12.1. The predicted octanol–water partition coefficient (Wildman–Crippen LogP) is 1.71. The number of rotatable bonds is 1. The van der Waals surface area contributed by atoms with Crippen LogP contribution in [0, 0.1) is 12.3 Å². The van der Waals surface area contributed by atoms with Gasteiger partial charge in [-0.25, -0.2) is 4.79 Å². The fourth-order valence-electron chi connectivity index (χ4n) is 2.22. The van der Waals surface area contributed by atoms with Crippen LogP contribution in [0.25, 0.3) is 0 Å². The summed E-state index contributed by atoms with van der Waals surface area (Å²) in [6.45, 7) is 0. The summed E-state index contributed by atoms with van der Waals surface area (Å²) in [6, 6.07) is 0. The summed E-state index contributed by atoms with van der Waals surface area (Å²) in [5.74, 6) is 2.04. The molecular formula is C13H14O2. The smallest absolute Gasteiger partial charge is 0.128 e. The second kappa shape index (κ2) is 4.41. The van der Waals surface area contributed by atoms with E-state index >= 15 is 0 Å². The SMILES string of the molecule is O=C=C1CCCC/C1=C(/[O-])C1[CH+]C=CC1. The van der Waals surface area contributed by atoms with Gasteiger partial charge in [-0.15, -0.1) is 0 Å². The van der Waals surface area contributed by atoms with Crippen molar-refractivity contribution < 1.29 is 9.90 Å². The van der Waals surface area contributed by atoms with E-state index in [1.165, 1.54) is 0 Å². The minimum Gasteiger partial charge on any atom is -0.874 e. The summed E-state index contributed by atoms with van der Waals surface area (Å²) in [7, 11) is 0. The van der Waals surface area contributed by atoms with Gasteiger partial charge in [-0.05, 0) is 31.3 Å². The lowest BCUT2D eigenvalue weighted by molar-refractivity contribution is -0.314. The first-order chi connectivity index (χ1) is 7.33. The Labute approximate surface area is 90.0 Å². The van der Waals surface area contributed by atoms with Crippen molar-refractivity contribution in [2.75, 3.05) is 0 Å². The molecule has 2 nitrogen and oxygen atoms in total. The van der Waals surface area contributed by atoms with Gasteiger partial charge in [0, 0.05) is 18.1 Å². The van der Waals surface area contributed by atoms with Crippen LogP contribution >= 0.6 is 0 Å². The average Bonchev–Trinajstić information content (AvgIpc) is 2.81. The van der Waals surface area contributed by atoms with Gasteiger partial charge in [-0.3, -0.25) is 0 Å². The van der Waals surface area contributed by atoms with Gasteiger partial charge in [0.15, 0.2) is 0 Å². The van der Waals surface area contributed by atoms with Crippen LogP contribution in [0.3, 0.4) is 0 Å². The van der Waals surface area contributed by atoms with Gasteiger partial charge in [0.05, 0.1) is 18.4 Å². The van der Waals surface area contributed by atoms with Crippen LogP contribution in [-0.4, -0.2) is 5.94 Å². The normalized spacial score (nSPS) is 28.5. The van der Waals surface area contributed by atoms with E-state index in [0.29, 0.717) is 5.57 Å². The average molecular weight is 202 g/mol. The van der Waals surface area contributed by atoms with Crippen LogP contribution in [0.1, 0.15) is 32.1 Å². The summed E-state index contributed by atoms with van der Waals surface area (Å²) in [5.41, 5.74) is 1.35.